The second-order valence-electron chi connectivity index (χ2n) is 6.65. The Bertz CT molecular complexity index is 971. The summed E-state index contributed by atoms with van der Waals surface area (Å²) in [6.07, 6.45) is 3.36. The van der Waals surface area contributed by atoms with E-state index in [1.54, 1.807) is 0 Å². The van der Waals surface area contributed by atoms with E-state index in [0.717, 1.165) is 34.3 Å². The van der Waals surface area contributed by atoms with Crippen LogP contribution in [0.1, 0.15) is 17.1 Å². The van der Waals surface area contributed by atoms with Gasteiger partial charge in [0.1, 0.15) is 17.2 Å². The molecule has 7 nitrogen and oxygen atoms in total. The van der Waals surface area contributed by atoms with Crippen LogP contribution in [0, 0.1) is 6.92 Å². The van der Waals surface area contributed by atoms with E-state index in [0.29, 0.717) is 26.2 Å². The van der Waals surface area contributed by atoms with E-state index in [1.807, 2.05) is 25.1 Å². The zero-order valence-corrected chi connectivity index (χ0v) is 16.8. The van der Waals surface area contributed by atoms with Gasteiger partial charge in [-0.2, -0.15) is 4.31 Å². The quantitative estimate of drug-likeness (QED) is 0.612. The second kappa shape index (κ2) is 7.55. The molecule has 9 heteroatoms. The number of nitrogens with two attached hydrogens (primary N) is 1. The van der Waals surface area contributed by atoms with Crippen molar-refractivity contribution in [3.05, 3.63) is 47.4 Å². The molecule has 0 atom stereocenters. The molecule has 1 aromatic carbocycles. The molecule has 1 aromatic heterocycles. The first-order chi connectivity index (χ1) is 12.4. The van der Waals surface area contributed by atoms with Crippen LogP contribution < -0.4 is 22.6 Å². The van der Waals surface area contributed by atoms with Crippen LogP contribution in [0.25, 0.3) is 11.8 Å². The van der Waals surface area contributed by atoms with Gasteiger partial charge in [-0.05, 0) is 19.1 Å². The number of sulfonamides is 1. The molecule has 27 heavy (non-hydrogen) atoms. The van der Waals surface area contributed by atoms with Crippen LogP contribution in [-0.4, -0.2) is 55.1 Å². The molecular weight excluding hydrogens is 386 g/mol. The highest BCUT2D eigenvalue weighted by Crippen LogP contribution is 2.30. The van der Waals surface area contributed by atoms with E-state index >= 15 is 0 Å². The molecule has 2 N–H and O–H groups in total. The van der Waals surface area contributed by atoms with Crippen LogP contribution in [0.15, 0.2) is 30.3 Å². The van der Waals surface area contributed by atoms with Crippen LogP contribution in [0.3, 0.4) is 0 Å². The summed E-state index contributed by atoms with van der Waals surface area (Å²) in [5, 5.41) is 2.13. The van der Waals surface area contributed by atoms with Crippen molar-refractivity contribution in [2.45, 2.75) is 6.92 Å². The molecule has 0 unspecified atom stereocenters. The van der Waals surface area contributed by atoms with Crippen molar-refractivity contribution in [1.82, 2.24) is 14.3 Å². The van der Waals surface area contributed by atoms with Gasteiger partial charge in [-0.1, -0.05) is 18.2 Å². The van der Waals surface area contributed by atoms with Crippen molar-refractivity contribution in [2.75, 3.05) is 37.3 Å². The number of rotatable bonds is 3. The number of quaternary nitrogens is 1. The summed E-state index contributed by atoms with van der Waals surface area (Å²) in [7, 11) is -3.14. The van der Waals surface area contributed by atoms with Crippen LogP contribution >= 0.6 is 0 Å². The smallest absolute Gasteiger partial charge is 0.211 e. The van der Waals surface area contributed by atoms with Crippen LogP contribution in [0.2, 0.25) is 0 Å². The maximum Gasteiger partial charge on any atom is 0.211 e. The van der Waals surface area contributed by atoms with Gasteiger partial charge >= 0.3 is 0 Å². The van der Waals surface area contributed by atoms with Crippen molar-refractivity contribution in [2.24, 2.45) is 0 Å². The molecule has 3 heterocycles. The van der Waals surface area contributed by atoms with Crippen molar-refractivity contribution in [3.63, 3.8) is 0 Å². The molecule has 0 radical (unpaired) electrons. The van der Waals surface area contributed by atoms with Gasteiger partial charge < -0.3 is 17.3 Å². The summed E-state index contributed by atoms with van der Waals surface area (Å²) in [6.45, 7) is 4.12. The number of halogens is 1. The number of hydrogen-bond donors (Lipinski definition) is 1. The number of benzene rings is 1. The topological polar surface area (TPSA) is 83.0 Å². The minimum absolute atomic E-state index is 0. The van der Waals surface area contributed by atoms with E-state index in [4.69, 9.17) is 0 Å². The standard InChI is InChI=1S/C18H21N5O2S.ClH/c1-13-19-16-12-15(14-6-4-3-5-7-14)21-17(16)18(20-13)22-8-10-23(11-9-22)26(2,24)25;/h3-7,12,21H,8-11H2,1-2H3;1H. The molecule has 2 aliphatic heterocycles. The molecule has 0 saturated carbocycles. The Kier molecular flexibility index (Phi) is 5.53. The minimum atomic E-state index is -3.14. The molecule has 2 aliphatic rings. The third-order valence-corrected chi connectivity index (χ3v) is 6.08. The first kappa shape index (κ1) is 19.8. The van der Waals surface area contributed by atoms with Gasteiger partial charge in [-0.3, -0.25) is 5.32 Å². The summed E-state index contributed by atoms with van der Waals surface area (Å²) < 4.78 is 25.0. The van der Waals surface area contributed by atoms with Gasteiger partial charge in [0, 0.05) is 37.8 Å². The first-order valence-corrected chi connectivity index (χ1v) is 10.5. The van der Waals surface area contributed by atoms with Gasteiger partial charge in [0.15, 0.2) is 5.82 Å². The first-order valence-electron chi connectivity index (χ1n) is 8.62. The van der Waals surface area contributed by atoms with Crippen molar-refractivity contribution < 1.29 is 26.1 Å². The van der Waals surface area contributed by atoms with E-state index in [1.165, 1.54) is 10.6 Å². The van der Waals surface area contributed by atoms with E-state index in [2.05, 4.69) is 38.4 Å². The molecule has 1 fully saturated rings. The van der Waals surface area contributed by atoms with E-state index in [9.17, 15) is 8.42 Å². The fourth-order valence-electron chi connectivity index (χ4n) is 3.45. The van der Waals surface area contributed by atoms with Crippen molar-refractivity contribution in [1.29, 1.82) is 0 Å². The average molecular weight is 408 g/mol. The van der Waals surface area contributed by atoms with Crippen LogP contribution in [0.5, 0.6) is 0 Å². The molecule has 1 saturated heterocycles. The van der Waals surface area contributed by atoms with Crippen LogP contribution in [-0.2, 0) is 10.0 Å². The highest BCUT2D eigenvalue weighted by molar-refractivity contribution is 7.88. The monoisotopic (exact) mass is 407 g/mol. The van der Waals surface area contributed by atoms with Gasteiger partial charge in [0.05, 0.1) is 6.26 Å². The third kappa shape index (κ3) is 3.98. The van der Waals surface area contributed by atoms with E-state index < -0.39 is 10.0 Å². The molecule has 4 rings (SSSR count). The highest BCUT2D eigenvalue weighted by atomic mass is 35.5. The Morgan fingerprint density at radius 2 is 1.70 bits per heavy atom. The molecule has 0 bridgehead atoms. The maximum absolute atomic E-state index is 11.7. The fourth-order valence-corrected chi connectivity index (χ4v) is 4.28. The summed E-state index contributed by atoms with van der Waals surface area (Å²) in [4.78, 5) is 11.4. The lowest BCUT2D eigenvalue weighted by molar-refractivity contribution is -0.464. The van der Waals surface area contributed by atoms with Gasteiger partial charge in [0.25, 0.3) is 0 Å². The maximum atomic E-state index is 11.7. The van der Waals surface area contributed by atoms with Crippen LogP contribution in [0.4, 0.5) is 11.5 Å². The Hall–Kier alpha value is -2.00. The normalized spacial score (nSPS) is 17.3. The second-order valence-corrected chi connectivity index (χ2v) is 8.63. The minimum Gasteiger partial charge on any atom is -1.00 e. The Morgan fingerprint density at radius 3 is 2.33 bits per heavy atom. The predicted molar refractivity (Wildman–Crippen MR) is 101 cm³/mol. The largest absolute Gasteiger partial charge is 1.00 e. The number of aryl methyl sites for hydroxylation is 1. The van der Waals surface area contributed by atoms with Gasteiger partial charge in [-0.25, -0.2) is 18.4 Å². The Balaban J connectivity index is 0.00000210. The molecule has 0 spiro atoms. The third-order valence-electron chi connectivity index (χ3n) is 4.77. The van der Waals surface area contributed by atoms with Crippen molar-refractivity contribution >= 4 is 33.3 Å². The zero-order valence-electron chi connectivity index (χ0n) is 15.3. The number of anilines is 1. The molecule has 2 aromatic rings. The lowest BCUT2D eigenvalue weighted by atomic mass is 10.1. The van der Waals surface area contributed by atoms with E-state index in [-0.39, 0.29) is 12.4 Å². The number of hydrogen-bond acceptors (Lipinski definition) is 5. The lowest BCUT2D eigenvalue weighted by Gasteiger charge is -2.34. The molecule has 144 valence electrons. The average Bonchev–Trinajstić information content (AvgIpc) is 3.05. The number of piperazine rings is 1. The molecule has 0 amide bonds. The van der Waals surface area contributed by atoms with Crippen molar-refractivity contribution in [3.8, 4) is 0 Å². The SMILES string of the molecule is Cc1nc2c(c(N3CCN(S(C)(=O)=O)CC3)n1)[NH2+]C(c1ccccc1)=C2.[Cl-]. The number of fused-ring (bicyclic) bond motifs is 1. The van der Waals surface area contributed by atoms with Gasteiger partial charge in [0.2, 0.25) is 15.7 Å². The molecular formula is C18H22ClN5O2S. The lowest BCUT2D eigenvalue weighted by Crippen LogP contribution is -3.00. The number of aromatic nitrogens is 2. The Morgan fingerprint density at radius 1 is 1.04 bits per heavy atom. The summed E-state index contributed by atoms with van der Waals surface area (Å²) in [6, 6.07) is 10.2. The van der Waals surface area contributed by atoms with Gasteiger partial charge in [-0.15, -0.1) is 0 Å². The zero-order chi connectivity index (χ0) is 18.3. The predicted octanol–water partition coefficient (Wildman–Crippen LogP) is -2.42. The highest BCUT2D eigenvalue weighted by Gasteiger charge is 2.31. The molecule has 0 aliphatic carbocycles. The fraction of sp³-hybridized carbons (Fsp3) is 0.333. The Labute approximate surface area is 165 Å². The number of nitrogens with zero attached hydrogens (tertiary/aromatic N) is 4. The summed E-state index contributed by atoms with van der Waals surface area (Å²) in [5.41, 5.74) is 4.21. The summed E-state index contributed by atoms with van der Waals surface area (Å²) >= 11 is 0. The summed E-state index contributed by atoms with van der Waals surface area (Å²) in [5.74, 6) is 1.62.